The van der Waals surface area contributed by atoms with Crippen LogP contribution in [0.15, 0.2) is 63.2 Å². The quantitative estimate of drug-likeness (QED) is 0.412. The molecular formula is C15H10ClN3O3S. The number of aliphatic hydroxyl groups excluding tert-OH is 1. The van der Waals surface area contributed by atoms with Crippen molar-refractivity contribution < 1.29 is 14.3 Å². The first kappa shape index (κ1) is 15.4. The molecule has 6 nitrogen and oxygen atoms in total. The van der Waals surface area contributed by atoms with Gasteiger partial charge in [0.2, 0.25) is 5.78 Å². The molecule has 0 saturated carbocycles. The van der Waals surface area contributed by atoms with Gasteiger partial charge in [-0.15, -0.1) is 0 Å². The highest BCUT2D eigenvalue weighted by atomic mass is 35.5. The molecule has 0 aliphatic rings. The molecular weight excluding hydrogens is 338 g/mol. The highest BCUT2D eigenvalue weighted by molar-refractivity contribution is 7.99. The van der Waals surface area contributed by atoms with Gasteiger partial charge in [0.25, 0.3) is 0 Å². The molecule has 0 unspecified atom stereocenters. The number of rotatable bonds is 5. The number of furan rings is 1. The predicted molar refractivity (Wildman–Crippen MR) is 85.6 cm³/mol. The summed E-state index contributed by atoms with van der Waals surface area (Å²) in [6.45, 7) is 0. The maximum absolute atomic E-state index is 12.3. The Hall–Kier alpha value is -2.51. The van der Waals surface area contributed by atoms with E-state index >= 15 is 0 Å². The van der Waals surface area contributed by atoms with Crippen molar-refractivity contribution in [2.75, 3.05) is 0 Å². The molecule has 0 fully saturated rings. The van der Waals surface area contributed by atoms with E-state index in [0.29, 0.717) is 9.92 Å². The molecule has 0 aliphatic carbocycles. The smallest absolute Gasteiger partial charge is 0.226 e. The number of hydrogen-bond donors (Lipinski definition) is 2. The standard InChI is InChI=1S/C15H10ClN3O3S/c16-9-3-1-2-4-12(9)23-13-5-6-22-14(13)10(20)7-11(21)15-17-8-18-19-15/h1-8,21H,(H,17,18,19). The van der Waals surface area contributed by atoms with Gasteiger partial charge in [0.1, 0.15) is 6.33 Å². The number of hydrogen-bond acceptors (Lipinski definition) is 6. The lowest BCUT2D eigenvalue weighted by Crippen LogP contribution is -1.97. The molecule has 116 valence electrons. The number of nitrogens with one attached hydrogen (secondary N) is 1. The molecule has 23 heavy (non-hydrogen) atoms. The average Bonchev–Trinajstić information content (AvgIpc) is 3.20. The van der Waals surface area contributed by atoms with Crippen molar-refractivity contribution in [3.63, 3.8) is 0 Å². The van der Waals surface area contributed by atoms with Crippen molar-refractivity contribution in [2.24, 2.45) is 0 Å². The van der Waals surface area contributed by atoms with E-state index in [-0.39, 0.29) is 17.3 Å². The van der Waals surface area contributed by atoms with Crippen LogP contribution in [0.4, 0.5) is 0 Å². The minimum absolute atomic E-state index is 0.102. The van der Waals surface area contributed by atoms with Crippen LogP contribution >= 0.6 is 23.4 Å². The van der Waals surface area contributed by atoms with E-state index in [2.05, 4.69) is 15.2 Å². The Morgan fingerprint density at radius 1 is 1.30 bits per heavy atom. The molecule has 8 heteroatoms. The SMILES string of the molecule is O=C(C=C(O)c1ncn[nH]1)c1occc1Sc1ccccc1Cl. The van der Waals surface area contributed by atoms with Crippen LogP contribution in [0.3, 0.4) is 0 Å². The van der Waals surface area contributed by atoms with Crippen LogP contribution < -0.4 is 0 Å². The van der Waals surface area contributed by atoms with E-state index in [1.807, 2.05) is 18.2 Å². The Morgan fingerprint density at radius 3 is 2.87 bits per heavy atom. The first-order valence-electron chi connectivity index (χ1n) is 6.46. The minimum atomic E-state index is -0.488. The highest BCUT2D eigenvalue weighted by Gasteiger charge is 2.17. The van der Waals surface area contributed by atoms with Crippen molar-refractivity contribution >= 4 is 34.9 Å². The third-order valence-electron chi connectivity index (χ3n) is 2.83. The summed E-state index contributed by atoms with van der Waals surface area (Å²) in [4.78, 5) is 17.4. The van der Waals surface area contributed by atoms with Gasteiger partial charge in [0, 0.05) is 11.0 Å². The lowest BCUT2D eigenvalue weighted by molar-refractivity contribution is 0.101. The number of aromatic nitrogens is 3. The van der Waals surface area contributed by atoms with Gasteiger partial charge in [-0.05, 0) is 18.2 Å². The second kappa shape index (κ2) is 6.72. The summed E-state index contributed by atoms with van der Waals surface area (Å²) < 4.78 is 5.24. The molecule has 2 aromatic heterocycles. The average molecular weight is 348 g/mol. The molecule has 2 N–H and O–H groups in total. The summed E-state index contributed by atoms with van der Waals surface area (Å²) in [5.74, 6) is -0.595. The summed E-state index contributed by atoms with van der Waals surface area (Å²) in [5.41, 5.74) is 0. The number of nitrogens with zero attached hydrogens (tertiary/aromatic N) is 2. The van der Waals surface area contributed by atoms with Crippen LogP contribution in [0, 0.1) is 0 Å². The van der Waals surface area contributed by atoms with E-state index in [0.717, 1.165) is 11.0 Å². The molecule has 3 rings (SSSR count). The van der Waals surface area contributed by atoms with Crippen molar-refractivity contribution in [1.82, 2.24) is 15.2 Å². The molecule has 1 aromatic carbocycles. The van der Waals surface area contributed by atoms with Crippen LogP contribution in [0.2, 0.25) is 5.02 Å². The summed E-state index contributed by atoms with van der Waals surface area (Å²) >= 11 is 7.42. The molecule has 0 radical (unpaired) electrons. The molecule has 2 heterocycles. The molecule has 0 atom stereocenters. The Morgan fingerprint density at radius 2 is 2.13 bits per heavy atom. The largest absolute Gasteiger partial charge is 0.504 e. The normalized spacial score (nSPS) is 11.6. The number of carbonyl (C=O) groups is 1. The van der Waals surface area contributed by atoms with Crippen molar-refractivity contribution in [3.8, 4) is 0 Å². The maximum atomic E-state index is 12.3. The summed E-state index contributed by atoms with van der Waals surface area (Å²) in [7, 11) is 0. The number of benzene rings is 1. The lowest BCUT2D eigenvalue weighted by atomic mass is 10.2. The molecule has 0 saturated heterocycles. The van der Waals surface area contributed by atoms with E-state index in [4.69, 9.17) is 16.0 Å². The number of allylic oxidation sites excluding steroid dienone is 1. The second-order valence-corrected chi connectivity index (χ2v) is 5.87. The third-order valence-corrected chi connectivity index (χ3v) is 4.39. The van der Waals surface area contributed by atoms with Crippen LogP contribution in [-0.4, -0.2) is 26.1 Å². The predicted octanol–water partition coefficient (Wildman–Crippen LogP) is 3.98. The number of carbonyl (C=O) groups excluding carboxylic acids is 1. The fourth-order valence-corrected chi connectivity index (χ4v) is 2.96. The van der Waals surface area contributed by atoms with Crippen molar-refractivity contribution in [3.05, 3.63) is 65.6 Å². The molecule has 3 aromatic rings. The van der Waals surface area contributed by atoms with Gasteiger partial charge >= 0.3 is 0 Å². The van der Waals surface area contributed by atoms with Crippen LogP contribution in [0.1, 0.15) is 16.4 Å². The Balaban J connectivity index is 1.85. The fourth-order valence-electron chi connectivity index (χ4n) is 1.79. The van der Waals surface area contributed by atoms with E-state index in [1.54, 1.807) is 12.1 Å². The number of H-pyrrole nitrogens is 1. The van der Waals surface area contributed by atoms with Crippen LogP contribution in [0.25, 0.3) is 5.76 Å². The zero-order chi connectivity index (χ0) is 16.2. The zero-order valence-corrected chi connectivity index (χ0v) is 13.1. The van der Waals surface area contributed by atoms with Gasteiger partial charge in [0.05, 0.1) is 16.2 Å². The number of aliphatic hydroxyl groups is 1. The number of aromatic amines is 1. The highest BCUT2D eigenvalue weighted by Crippen LogP contribution is 2.35. The topological polar surface area (TPSA) is 92.0 Å². The van der Waals surface area contributed by atoms with Gasteiger partial charge in [-0.1, -0.05) is 35.5 Å². The zero-order valence-electron chi connectivity index (χ0n) is 11.6. The Kier molecular flexibility index (Phi) is 4.50. The summed E-state index contributed by atoms with van der Waals surface area (Å²) in [5, 5.41) is 16.5. The number of ketones is 1. The van der Waals surface area contributed by atoms with Gasteiger partial charge < -0.3 is 9.52 Å². The van der Waals surface area contributed by atoms with E-state index in [1.165, 1.54) is 24.4 Å². The summed E-state index contributed by atoms with van der Waals surface area (Å²) in [6.07, 6.45) is 3.66. The first-order valence-corrected chi connectivity index (χ1v) is 7.65. The first-order chi connectivity index (χ1) is 11.1. The monoisotopic (exact) mass is 347 g/mol. The van der Waals surface area contributed by atoms with Gasteiger partial charge in [-0.2, -0.15) is 5.10 Å². The van der Waals surface area contributed by atoms with Crippen LogP contribution in [-0.2, 0) is 0 Å². The van der Waals surface area contributed by atoms with Gasteiger partial charge in [-0.25, -0.2) is 4.98 Å². The van der Waals surface area contributed by atoms with Crippen LogP contribution in [0.5, 0.6) is 0 Å². The molecule has 0 amide bonds. The van der Waals surface area contributed by atoms with Gasteiger partial charge in [-0.3, -0.25) is 9.89 Å². The molecule has 0 aliphatic heterocycles. The van der Waals surface area contributed by atoms with E-state index < -0.39 is 5.78 Å². The van der Waals surface area contributed by atoms with Crippen molar-refractivity contribution in [1.29, 1.82) is 0 Å². The van der Waals surface area contributed by atoms with Crippen molar-refractivity contribution in [2.45, 2.75) is 9.79 Å². The van der Waals surface area contributed by atoms with Gasteiger partial charge in [0.15, 0.2) is 17.3 Å². The number of halogens is 1. The second-order valence-electron chi connectivity index (χ2n) is 4.37. The minimum Gasteiger partial charge on any atom is -0.504 e. The maximum Gasteiger partial charge on any atom is 0.226 e. The third kappa shape index (κ3) is 3.46. The Bertz CT molecular complexity index is 858. The Labute approximate surface area is 140 Å². The summed E-state index contributed by atoms with van der Waals surface area (Å²) in [6, 6.07) is 8.95. The molecule has 0 spiro atoms. The molecule has 0 bridgehead atoms. The van der Waals surface area contributed by atoms with E-state index in [9.17, 15) is 9.90 Å². The lowest BCUT2D eigenvalue weighted by Gasteiger charge is -2.03. The fraction of sp³-hybridized carbons (Fsp3) is 0.